The number of nitrogens with zero attached hydrogens (tertiary/aromatic N) is 1. The number of anilines is 1. The average molecular weight is 530 g/mol. The molecule has 1 aliphatic heterocycles. The van der Waals surface area contributed by atoms with Crippen molar-refractivity contribution in [2.45, 2.75) is 23.8 Å². The molecule has 0 amide bonds. The number of hydrogen-bond acceptors (Lipinski definition) is 5. The lowest BCUT2D eigenvalue weighted by Crippen LogP contribution is -2.22. The number of benzene rings is 2. The molecule has 1 heterocycles. The monoisotopic (exact) mass is 528 g/mol. The van der Waals surface area contributed by atoms with Crippen molar-refractivity contribution >= 4 is 43.2 Å². The summed E-state index contributed by atoms with van der Waals surface area (Å²) in [7, 11) is -2.45. The predicted octanol–water partition coefficient (Wildman–Crippen LogP) is 4.88. The summed E-state index contributed by atoms with van der Waals surface area (Å²) in [6.45, 7) is 1.56. The fourth-order valence-corrected chi connectivity index (χ4v) is 4.61. The standard InChI is InChI=1S/C18H17BrClF3N2O4S/c1-25-7-6-13(10-25)28-15-9-12(3-4-14(15)20)24-30(26,27)17-5-2-11(19)8-16(17)29-18(21,22)23/h2-5,8-9,13,24H,6-7,10H2,1H3/t13-/m0/s1. The van der Waals surface area contributed by atoms with Gasteiger partial charge in [-0.3, -0.25) is 4.72 Å². The van der Waals surface area contributed by atoms with Crippen molar-refractivity contribution in [2.75, 3.05) is 24.9 Å². The van der Waals surface area contributed by atoms with Crippen LogP contribution in [0.15, 0.2) is 45.8 Å². The first kappa shape index (κ1) is 23.0. The van der Waals surface area contributed by atoms with Gasteiger partial charge in [0.2, 0.25) is 0 Å². The molecule has 0 spiro atoms. The van der Waals surface area contributed by atoms with E-state index in [-0.39, 0.29) is 27.0 Å². The molecule has 2 aromatic rings. The molecule has 2 aromatic carbocycles. The van der Waals surface area contributed by atoms with Crippen LogP contribution < -0.4 is 14.2 Å². The van der Waals surface area contributed by atoms with E-state index in [2.05, 4.69) is 30.3 Å². The molecule has 1 saturated heterocycles. The summed E-state index contributed by atoms with van der Waals surface area (Å²) in [5, 5.41) is 0.289. The highest BCUT2D eigenvalue weighted by Crippen LogP contribution is 2.35. The topological polar surface area (TPSA) is 67.9 Å². The second kappa shape index (κ2) is 8.81. The maximum absolute atomic E-state index is 12.7. The lowest BCUT2D eigenvalue weighted by Gasteiger charge is -2.17. The van der Waals surface area contributed by atoms with E-state index in [1.165, 1.54) is 24.3 Å². The lowest BCUT2D eigenvalue weighted by atomic mass is 10.3. The highest BCUT2D eigenvalue weighted by Gasteiger charge is 2.34. The van der Waals surface area contributed by atoms with E-state index in [0.717, 1.165) is 25.1 Å². The first-order chi connectivity index (χ1) is 13.9. The number of likely N-dealkylation sites (tertiary alicyclic amines) is 1. The Labute approximate surface area is 185 Å². The molecule has 0 bridgehead atoms. The number of sulfonamides is 1. The maximum Gasteiger partial charge on any atom is 0.573 e. The Kier molecular flexibility index (Phi) is 6.75. The minimum atomic E-state index is -5.05. The third kappa shape index (κ3) is 5.93. The first-order valence-corrected chi connectivity index (χ1v) is 11.3. The van der Waals surface area contributed by atoms with Crippen molar-refractivity contribution in [2.24, 2.45) is 0 Å². The molecule has 30 heavy (non-hydrogen) atoms. The van der Waals surface area contributed by atoms with Crippen LogP contribution >= 0.6 is 27.5 Å². The molecule has 1 aliphatic rings. The van der Waals surface area contributed by atoms with Crippen LogP contribution in [0.1, 0.15) is 6.42 Å². The Bertz CT molecular complexity index is 1040. The average Bonchev–Trinajstić information content (AvgIpc) is 3.01. The summed E-state index contributed by atoms with van der Waals surface area (Å²) in [4.78, 5) is 1.42. The number of alkyl halides is 3. The summed E-state index contributed by atoms with van der Waals surface area (Å²) < 4.78 is 75.8. The van der Waals surface area contributed by atoms with Crippen molar-refractivity contribution in [1.29, 1.82) is 0 Å². The van der Waals surface area contributed by atoms with Crippen LogP contribution in [0.4, 0.5) is 18.9 Å². The molecule has 0 saturated carbocycles. The summed E-state index contributed by atoms with van der Waals surface area (Å²) in [6, 6.07) is 7.45. The van der Waals surface area contributed by atoms with Crippen molar-refractivity contribution in [3.8, 4) is 11.5 Å². The van der Waals surface area contributed by atoms with E-state index in [0.29, 0.717) is 6.54 Å². The van der Waals surface area contributed by atoms with Gasteiger partial charge in [0.15, 0.2) is 5.75 Å². The van der Waals surface area contributed by atoms with E-state index in [4.69, 9.17) is 16.3 Å². The zero-order valence-electron chi connectivity index (χ0n) is 15.5. The molecule has 1 atom stereocenters. The first-order valence-electron chi connectivity index (χ1n) is 8.66. The molecule has 0 unspecified atom stereocenters. The Morgan fingerprint density at radius 3 is 2.57 bits per heavy atom. The fraction of sp³-hybridized carbons (Fsp3) is 0.333. The van der Waals surface area contributed by atoms with Gasteiger partial charge in [0.05, 0.1) is 10.7 Å². The Balaban J connectivity index is 1.86. The van der Waals surface area contributed by atoms with E-state index in [9.17, 15) is 21.6 Å². The fourth-order valence-electron chi connectivity index (χ4n) is 2.95. The molecular formula is C18H17BrClF3N2O4S. The van der Waals surface area contributed by atoms with Crippen LogP contribution in [0.3, 0.4) is 0 Å². The number of halogens is 5. The Morgan fingerprint density at radius 1 is 1.20 bits per heavy atom. The molecule has 0 aliphatic carbocycles. The smallest absolute Gasteiger partial charge is 0.487 e. The highest BCUT2D eigenvalue weighted by atomic mass is 79.9. The van der Waals surface area contributed by atoms with E-state index >= 15 is 0 Å². The summed E-state index contributed by atoms with van der Waals surface area (Å²) >= 11 is 9.15. The normalized spacial score (nSPS) is 17.7. The van der Waals surface area contributed by atoms with E-state index in [1.54, 1.807) is 0 Å². The Hall–Kier alpha value is -1.69. The van der Waals surface area contributed by atoms with Gasteiger partial charge in [0.25, 0.3) is 10.0 Å². The summed E-state index contributed by atoms with van der Waals surface area (Å²) in [5.41, 5.74) is 0.0848. The van der Waals surface area contributed by atoms with Crippen LogP contribution in [0, 0.1) is 0 Å². The van der Waals surface area contributed by atoms with Gasteiger partial charge in [-0.15, -0.1) is 13.2 Å². The van der Waals surface area contributed by atoms with Crippen molar-refractivity contribution in [3.63, 3.8) is 0 Å². The minimum Gasteiger partial charge on any atom is -0.487 e. The number of ether oxygens (including phenoxy) is 2. The molecule has 164 valence electrons. The third-order valence-electron chi connectivity index (χ3n) is 4.25. The lowest BCUT2D eigenvalue weighted by molar-refractivity contribution is -0.275. The van der Waals surface area contributed by atoms with Crippen LogP contribution in [0.25, 0.3) is 0 Å². The van der Waals surface area contributed by atoms with Gasteiger partial charge in [-0.25, -0.2) is 8.42 Å². The van der Waals surface area contributed by atoms with E-state index < -0.39 is 27.0 Å². The number of rotatable bonds is 6. The van der Waals surface area contributed by atoms with Crippen LogP contribution in [0.2, 0.25) is 5.02 Å². The molecular weight excluding hydrogens is 513 g/mol. The highest BCUT2D eigenvalue weighted by molar-refractivity contribution is 9.10. The largest absolute Gasteiger partial charge is 0.573 e. The third-order valence-corrected chi connectivity index (χ3v) is 6.47. The number of likely N-dealkylation sites (N-methyl/N-ethyl adjacent to an activating group) is 1. The van der Waals surface area contributed by atoms with Gasteiger partial charge in [0, 0.05) is 23.6 Å². The Morgan fingerprint density at radius 2 is 1.93 bits per heavy atom. The molecule has 12 heteroatoms. The van der Waals surface area contributed by atoms with Gasteiger partial charge < -0.3 is 14.4 Å². The van der Waals surface area contributed by atoms with Gasteiger partial charge in [0.1, 0.15) is 16.7 Å². The van der Waals surface area contributed by atoms with Gasteiger partial charge in [-0.05, 0) is 43.8 Å². The minimum absolute atomic E-state index is 0.0848. The maximum atomic E-state index is 12.7. The van der Waals surface area contributed by atoms with Gasteiger partial charge in [-0.1, -0.05) is 27.5 Å². The second-order valence-corrected chi connectivity index (χ2v) is 9.65. The SMILES string of the molecule is CN1CC[C@H](Oc2cc(NS(=O)(=O)c3ccc(Br)cc3OC(F)(F)F)ccc2Cl)C1. The van der Waals surface area contributed by atoms with E-state index in [1.807, 2.05) is 7.05 Å². The number of nitrogens with one attached hydrogen (secondary N) is 1. The summed E-state index contributed by atoms with van der Waals surface area (Å²) in [5.74, 6) is -0.580. The van der Waals surface area contributed by atoms with Crippen LogP contribution in [0.5, 0.6) is 11.5 Å². The predicted molar refractivity (Wildman–Crippen MR) is 110 cm³/mol. The number of hydrogen-bond donors (Lipinski definition) is 1. The molecule has 6 nitrogen and oxygen atoms in total. The second-order valence-electron chi connectivity index (χ2n) is 6.68. The molecule has 0 aromatic heterocycles. The van der Waals surface area contributed by atoms with Crippen molar-refractivity contribution in [1.82, 2.24) is 4.90 Å². The molecule has 0 radical (unpaired) electrons. The van der Waals surface area contributed by atoms with Gasteiger partial charge in [-0.2, -0.15) is 0 Å². The zero-order valence-corrected chi connectivity index (χ0v) is 18.7. The van der Waals surface area contributed by atoms with Crippen LogP contribution in [-0.2, 0) is 10.0 Å². The van der Waals surface area contributed by atoms with Crippen molar-refractivity contribution < 1.29 is 31.1 Å². The molecule has 1 N–H and O–H groups in total. The molecule has 1 fully saturated rings. The zero-order chi connectivity index (χ0) is 22.1. The molecule has 3 rings (SSSR count). The van der Waals surface area contributed by atoms with Crippen LogP contribution in [-0.4, -0.2) is 45.9 Å². The quantitative estimate of drug-likeness (QED) is 0.578. The van der Waals surface area contributed by atoms with Crippen molar-refractivity contribution in [3.05, 3.63) is 45.9 Å². The van der Waals surface area contributed by atoms with Gasteiger partial charge >= 0.3 is 6.36 Å². The summed E-state index contributed by atoms with van der Waals surface area (Å²) in [6.07, 6.45) is -4.36.